The fourth-order valence-corrected chi connectivity index (χ4v) is 9.28. The SMILES string of the molecule is CC(=O)CCC(=O)OC1CC[C@@]2(C)C(=CCC3C4CCC(C(C)CCCC(C)C)C4(C)CCC32)C1. The molecule has 0 heterocycles. The van der Waals surface area contributed by atoms with Gasteiger partial charge in [0, 0.05) is 12.8 Å². The number of hydrogen-bond acceptors (Lipinski definition) is 3. The Morgan fingerprint density at radius 1 is 1.00 bits per heavy atom. The van der Waals surface area contributed by atoms with Gasteiger partial charge in [-0.25, -0.2) is 0 Å². The lowest BCUT2D eigenvalue weighted by atomic mass is 9.47. The first-order valence-electron chi connectivity index (χ1n) is 14.9. The van der Waals surface area contributed by atoms with Crippen molar-refractivity contribution in [2.45, 2.75) is 131 Å². The Kier molecular flexibility index (Phi) is 8.23. The topological polar surface area (TPSA) is 43.4 Å². The van der Waals surface area contributed by atoms with Crippen molar-refractivity contribution in [3.05, 3.63) is 11.6 Å². The van der Waals surface area contributed by atoms with Gasteiger partial charge in [-0.2, -0.15) is 0 Å². The van der Waals surface area contributed by atoms with Gasteiger partial charge in [0.2, 0.25) is 0 Å². The molecular weight excluding hydrogens is 432 g/mol. The van der Waals surface area contributed by atoms with Crippen LogP contribution in [0, 0.1) is 46.3 Å². The maximum Gasteiger partial charge on any atom is 0.306 e. The minimum Gasteiger partial charge on any atom is -0.462 e. The number of esters is 1. The van der Waals surface area contributed by atoms with Crippen LogP contribution in [-0.2, 0) is 14.3 Å². The van der Waals surface area contributed by atoms with Crippen molar-refractivity contribution in [2.24, 2.45) is 46.3 Å². The zero-order valence-corrected chi connectivity index (χ0v) is 23.5. The van der Waals surface area contributed by atoms with Crippen LogP contribution in [-0.4, -0.2) is 17.9 Å². The summed E-state index contributed by atoms with van der Waals surface area (Å²) in [5.74, 6) is 4.97. The summed E-state index contributed by atoms with van der Waals surface area (Å²) in [6.45, 7) is 14.0. The van der Waals surface area contributed by atoms with E-state index in [1.165, 1.54) is 58.3 Å². The van der Waals surface area contributed by atoms with Crippen molar-refractivity contribution < 1.29 is 14.3 Å². The molecule has 0 aliphatic heterocycles. The van der Waals surface area contributed by atoms with Crippen molar-refractivity contribution in [3.63, 3.8) is 0 Å². The lowest BCUT2D eigenvalue weighted by Gasteiger charge is -2.58. The Bertz CT molecular complexity index is 812. The van der Waals surface area contributed by atoms with E-state index in [0.29, 0.717) is 11.8 Å². The highest BCUT2D eigenvalue weighted by Gasteiger charge is 2.59. The predicted molar refractivity (Wildman–Crippen MR) is 143 cm³/mol. The van der Waals surface area contributed by atoms with E-state index in [1.807, 2.05) is 0 Å². The first-order chi connectivity index (χ1) is 16.5. The fraction of sp³-hybridized carbons (Fsp3) is 0.875. The van der Waals surface area contributed by atoms with E-state index in [9.17, 15) is 9.59 Å². The van der Waals surface area contributed by atoms with Gasteiger partial charge in [-0.3, -0.25) is 4.79 Å². The lowest BCUT2D eigenvalue weighted by Crippen LogP contribution is -2.51. The predicted octanol–water partition coefficient (Wildman–Crippen LogP) is 8.31. The molecule has 0 amide bonds. The molecule has 3 nitrogen and oxygen atoms in total. The van der Waals surface area contributed by atoms with Crippen LogP contribution in [0.25, 0.3) is 0 Å². The molecule has 0 aromatic heterocycles. The summed E-state index contributed by atoms with van der Waals surface area (Å²) in [6.07, 6.45) is 17.2. The molecule has 3 heteroatoms. The Morgan fingerprint density at radius 3 is 2.49 bits per heavy atom. The first kappa shape index (κ1) is 26.9. The van der Waals surface area contributed by atoms with Gasteiger partial charge in [0.15, 0.2) is 0 Å². The average molecular weight is 485 g/mol. The quantitative estimate of drug-likeness (QED) is 0.244. The van der Waals surface area contributed by atoms with Crippen LogP contribution in [0.2, 0.25) is 0 Å². The van der Waals surface area contributed by atoms with E-state index >= 15 is 0 Å². The zero-order chi connectivity index (χ0) is 25.4. The number of carbonyl (C=O) groups excluding carboxylic acids is 2. The van der Waals surface area contributed by atoms with Gasteiger partial charge < -0.3 is 9.53 Å². The summed E-state index contributed by atoms with van der Waals surface area (Å²) in [4.78, 5) is 23.5. The van der Waals surface area contributed by atoms with Gasteiger partial charge in [-0.05, 0) is 98.2 Å². The molecule has 0 bridgehead atoms. The Labute approximate surface area is 215 Å². The summed E-state index contributed by atoms with van der Waals surface area (Å²) in [5, 5.41) is 0. The molecule has 198 valence electrons. The van der Waals surface area contributed by atoms with Crippen molar-refractivity contribution in [1.82, 2.24) is 0 Å². The van der Waals surface area contributed by atoms with Gasteiger partial charge >= 0.3 is 5.97 Å². The highest BCUT2D eigenvalue weighted by Crippen LogP contribution is 2.67. The molecule has 4 aliphatic carbocycles. The Morgan fingerprint density at radius 2 is 1.77 bits per heavy atom. The van der Waals surface area contributed by atoms with Gasteiger partial charge in [-0.15, -0.1) is 0 Å². The molecule has 3 saturated carbocycles. The average Bonchev–Trinajstić information content (AvgIpc) is 3.15. The largest absolute Gasteiger partial charge is 0.462 e. The van der Waals surface area contributed by atoms with Crippen LogP contribution < -0.4 is 0 Å². The summed E-state index contributed by atoms with van der Waals surface area (Å²) < 4.78 is 5.81. The van der Waals surface area contributed by atoms with Crippen molar-refractivity contribution in [1.29, 1.82) is 0 Å². The third-order valence-corrected chi connectivity index (χ3v) is 11.2. The van der Waals surface area contributed by atoms with Crippen LogP contribution >= 0.6 is 0 Å². The van der Waals surface area contributed by atoms with Gasteiger partial charge in [0.05, 0.1) is 6.42 Å². The summed E-state index contributed by atoms with van der Waals surface area (Å²) in [7, 11) is 0. The van der Waals surface area contributed by atoms with E-state index in [-0.39, 0.29) is 29.7 Å². The number of rotatable bonds is 9. The van der Waals surface area contributed by atoms with Crippen LogP contribution in [0.15, 0.2) is 11.6 Å². The second-order valence-electron chi connectivity index (χ2n) is 13.8. The maximum absolute atomic E-state index is 12.2. The molecule has 35 heavy (non-hydrogen) atoms. The van der Waals surface area contributed by atoms with Crippen LogP contribution in [0.1, 0.15) is 125 Å². The van der Waals surface area contributed by atoms with Crippen LogP contribution in [0.4, 0.5) is 0 Å². The molecule has 4 rings (SSSR count). The second kappa shape index (κ2) is 10.7. The third-order valence-electron chi connectivity index (χ3n) is 11.2. The lowest BCUT2D eigenvalue weighted by molar-refractivity contribution is -0.152. The highest BCUT2D eigenvalue weighted by atomic mass is 16.5. The van der Waals surface area contributed by atoms with E-state index < -0.39 is 0 Å². The number of carbonyl (C=O) groups is 2. The molecule has 3 fully saturated rings. The molecule has 0 aromatic carbocycles. The Hall–Kier alpha value is -1.12. The smallest absolute Gasteiger partial charge is 0.306 e. The van der Waals surface area contributed by atoms with Gasteiger partial charge in [0.1, 0.15) is 11.9 Å². The van der Waals surface area contributed by atoms with Crippen molar-refractivity contribution >= 4 is 11.8 Å². The number of ether oxygens (including phenoxy) is 1. The van der Waals surface area contributed by atoms with Crippen LogP contribution in [0.5, 0.6) is 0 Å². The van der Waals surface area contributed by atoms with E-state index in [2.05, 4.69) is 40.7 Å². The molecule has 4 aliphatic rings. The third kappa shape index (κ3) is 5.45. The molecule has 0 spiro atoms. The van der Waals surface area contributed by atoms with Crippen molar-refractivity contribution in [3.8, 4) is 0 Å². The van der Waals surface area contributed by atoms with E-state index in [1.54, 1.807) is 5.57 Å². The monoisotopic (exact) mass is 484 g/mol. The van der Waals surface area contributed by atoms with Gasteiger partial charge in [0.25, 0.3) is 0 Å². The molecule has 0 radical (unpaired) electrons. The normalized spacial score (nSPS) is 39.3. The van der Waals surface area contributed by atoms with E-state index in [0.717, 1.165) is 54.8 Å². The van der Waals surface area contributed by atoms with Crippen molar-refractivity contribution in [2.75, 3.05) is 0 Å². The minimum atomic E-state index is -0.198. The number of allylic oxidation sites excluding steroid dienone is 1. The molecule has 7 unspecified atom stereocenters. The summed E-state index contributed by atoms with van der Waals surface area (Å²) >= 11 is 0. The summed E-state index contributed by atoms with van der Waals surface area (Å²) in [6, 6.07) is 0. The number of Topliss-reactive ketones (excluding diaryl/α,β-unsaturated/α-hetero) is 1. The van der Waals surface area contributed by atoms with E-state index in [4.69, 9.17) is 4.74 Å². The number of hydrogen-bond donors (Lipinski definition) is 0. The fourth-order valence-electron chi connectivity index (χ4n) is 9.28. The standard InChI is InChI=1S/C32H52O3/c1-21(2)8-7-9-22(3)27-13-14-28-26-12-11-24-20-25(35-30(34)15-10-23(4)33)16-18-31(24,5)29(26)17-19-32(27,28)6/h11,21-22,25-29H,7-10,12-20H2,1-6H3/t22?,25?,26?,27?,28?,29?,31-,32?/m0/s1. The zero-order valence-electron chi connectivity index (χ0n) is 23.5. The molecule has 0 saturated heterocycles. The van der Waals surface area contributed by atoms with Crippen LogP contribution in [0.3, 0.4) is 0 Å². The minimum absolute atomic E-state index is 0.00161. The molecular formula is C32H52O3. The molecule has 0 N–H and O–H groups in total. The first-order valence-corrected chi connectivity index (χ1v) is 14.9. The molecule has 0 aromatic rings. The number of fused-ring (bicyclic) bond motifs is 5. The number of ketones is 1. The second-order valence-corrected chi connectivity index (χ2v) is 13.8. The maximum atomic E-state index is 12.2. The Balaban J connectivity index is 1.40. The van der Waals surface area contributed by atoms with Gasteiger partial charge in [-0.1, -0.05) is 65.5 Å². The summed E-state index contributed by atoms with van der Waals surface area (Å²) in [5.41, 5.74) is 2.38. The molecule has 8 atom stereocenters. The highest BCUT2D eigenvalue weighted by molar-refractivity contribution is 5.81.